The number of imidazole rings is 1. The number of hydrogen-bond acceptors (Lipinski definition) is 16. The van der Waals surface area contributed by atoms with Gasteiger partial charge in [0.25, 0.3) is 5.56 Å². The first-order valence-electron chi connectivity index (χ1n) is 12.1. The van der Waals surface area contributed by atoms with E-state index in [9.17, 15) is 34.7 Å². The molecule has 0 saturated carbocycles. The number of hydrogen-bond donors (Lipinski definition) is 8. The Labute approximate surface area is 227 Å². The standard InChI is InChI=1S/C20H24N9O11P/c21-17-11-18(24-4-23-17)29(5-26-11)20-14(33)12(31)7(39-20)2-37-41(35,36)40-16-13(32)6(1-30)38-15(16)9-8-10(28-27-9)19(34)25-3-22-8/h3-7,12-16,20,30-33H,1-2H2,(H,27,28)(H,35,36)(H2,21,23,24)(H,22,25,34)/t6-,7-,12-,13-,14-,15+,16-,20-/m1/s1. The lowest BCUT2D eigenvalue weighted by Crippen LogP contribution is -2.35. The summed E-state index contributed by atoms with van der Waals surface area (Å²) in [4.78, 5) is 40.9. The zero-order chi connectivity index (χ0) is 29.1. The summed E-state index contributed by atoms with van der Waals surface area (Å²) in [6.45, 7) is -1.40. The van der Waals surface area contributed by atoms with Crippen LogP contribution < -0.4 is 11.3 Å². The zero-order valence-corrected chi connectivity index (χ0v) is 21.6. The summed E-state index contributed by atoms with van der Waals surface area (Å²) in [5.74, 6) is 0.0885. The number of nitrogens with two attached hydrogens (primary N) is 1. The van der Waals surface area contributed by atoms with Crippen molar-refractivity contribution in [1.82, 2.24) is 39.7 Å². The third kappa shape index (κ3) is 4.78. The van der Waals surface area contributed by atoms with Gasteiger partial charge < -0.3 is 45.5 Å². The molecule has 2 saturated heterocycles. The molecule has 2 fully saturated rings. The number of aliphatic hydroxyl groups excluding tert-OH is 4. The fourth-order valence-corrected chi connectivity index (χ4v) is 5.74. The molecule has 41 heavy (non-hydrogen) atoms. The summed E-state index contributed by atoms with van der Waals surface area (Å²) in [7, 11) is -5.02. The van der Waals surface area contributed by atoms with E-state index in [0.717, 1.165) is 6.33 Å². The van der Waals surface area contributed by atoms with E-state index in [0.29, 0.717) is 0 Å². The lowest BCUT2D eigenvalue weighted by molar-refractivity contribution is -0.0557. The second-order valence-electron chi connectivity index (χ2n) is 9.30. The minimum absolute atomic E-state index is 0.0450. The van der Waals surface area contributed by atoms with Crippen molar-refractivity contribution in [1.29, 1.82) is 0 Å². The molecule has 6 heterocycles. The average Bonchev–Trinajstić information content (AvgIpc) is 3.70. The lowest BCUT2D eigenvalue weighted by Gasteiger charge is -2.24. The van der Waals surface area contributed by atoms with Crippen LogP contribution in [-0.4, -0.2) is 115 Å². The third-order valence-corrected chi connectivity index (χ3v) is 7.81. The van der Waals surface area contributed by atoms with Gasteiger partial charge in [0.2, 0.25) is 0 Å². The number of aromatic amines is 2. The van der Waals surface area contributed by atoms with E-state index in [1.165, 1.54) is 17.2 Å². The molecule has 1 unspecified atom stereocenters. The molecule has 0 amide bonds. The Hall–Kier alpha value is -3.43. The number of phosphoric ester groups is 1. The van der Waals surface area contributed by atoms with Crippen LogP contribution in [0, 0.1) is 0 Å². The van der Waals surface area contributed by atoms with Crippen molar-refractivity contribution in [2.24, 2.45) is 0 Å². The van der Waals surface area contributed by atoms with Crippen LogP contribution in [0.3, 0.4) is 0 Å². The van der Waals surface area contributed by atoms with Gasteiger partial charge in [-0.05, 0) is 0 Å². The van der Waals surface area contributed by atoms with Crippen LogP contribution in [0.1, 0.15) is 18.0 Å². The first-order chi connectivity index (χ1) is 19.6. The SMILES string of the molecule is Nc1ncnc2c1ncn2[C@@H]1O[C@H](COP(=O)(O)O[C@@H]2[C@H](O)[C@@H](CO)O[C@H]2c2[nH]nc3c(=O)[nH]cnc23)[C@@H](O)[C@H]1O. The maximum Gasteiger partial charge on any atom is 0.472 e. The zero-order valence-electron chi connectivity index (χ0n) is 20.7. The first kappa shape index (κ1) is 27.7. The number of nitrogens with zero attached hydrogens (tertiary/aromatic N) is 6. The Kier molecular flexibility index (Phi) is 7.06. The fraction of sp³-hybridized carbons (Fsp3) is 0.500. The van der Waals surface area contributed by atoms with Crippen LogP contribution in [0.5, 0.6) is 0 Å². The molecule has 0 aliphatic carbocycles. The second kappa shape index (κ2) is 10.4. The molecule has 4 aromatic rings. The second-order valence-corrected chi connectivity index (χ2v) is 10.7. The number of fused-ring (bicyclic) bond motifs is 2. The number of aromatic nitrogens is 8. The third-order valence-electron chi connectivity index (χ3n) is 6.83. The molecule has 21 heteroatoms. The molecule has 20 nitrogen and oxygen atoms in total. The predicted octanol–water partition coefficient (Wildman–Crippen LogP) is -3.02. The molecule has 9 atom stereocenters. The topological polar surface area (TPSA) is 299 Å². The van der Waals surface area contributed by atoms with E-state index < -0.39 is 75.6 Å². The molecule has 0 aromatic carbocycles. The van der Waals surface area contributed by atoms with Gasteiger partial charge in [-0.3, -0.25) is 23.5 Å². The van der Waals surface area contributed by atoms with Crippen molar-refractivity contribution in [3.8, 4) is 0 Å². The van der Waals surface area contributed by atoms with Crippen LogP contribution >= 0.6 is 7.82 Å². The molecule has 2 aliphatic rings. The maximum atomic E-state index is 13.0. The van der Waals surface area contributed by atoms with Crippen molar-refractivity contribution >= 4 is 35.8 Å². The summed E-state index contributed by atoms with van der Waals surface area (Å²) in [6, 6.07) is 0. The van der Waals surface area contributed by atoms with Crippen molar-refractivity contribution in [2.45, 2.75) is 49.0 Å². The highest BCUT2D eigenvalue weighted by atomic mass is 31.2. The lowest BCUT2D eigenvalue weighted by atomic mass is 10.1. The normalized spacial score (nSPS) is 31.7. The first-order valence-corrected chi connectivity index (χ1v) is 13.6. The van der Waals surface area contributed by atoms with Gasteiger partial charge in [0.1, 0.15) is 60.1 Å². The van der Waals surface area contributed by atoms with Crippen LogP contribution in [0.2, 0.25) is 0 Å². The molecule has 0 radical (unpaired) electrons. The van der Waals surface area contributed by atoms with Crippen molar-refractivity contribution < 1.29 is 48.4 Å². The van der Waals surface area contributed by atoms with E-state index in [1.807, 2.05) is 0 Å². The van der Waals surface area contributed by atoms with Gasteiger partial charge in [0.05, 0.1) is 31.6 Å². The Balaban J connectivity index is 1.18. The minimum Gasteiger partial charge on any atom is -0.394 e. The van der Waals surface area contributed by atoms with Crippen molar-refractivity contribution in [3.63, 3.8) is 0 Å². The van der Waals surface area contributed by atoms with Gasteiger partial charge in [-0.25, -0.2) is 24.5 Å². The number of phosphoric acid groups is 1. The molecular formula is C20H24N9O11P. The number of aliphatic hydroxyl groups is 4. The van der Waals surface area contributed by atoms with Gasteiger partial charge in [-0.15, -0.1) is 0 Å². The summed E-state index contributed by atoms with van der Waals surface area (Å²) in [6.07, 6.45) is -7.79. The molecule has 2 aliphatic heterocycles. The molecule has 220 valence electrons. The highest BCUT2D eigenvalue weighted by Gasteiger charge is 2.51. The van der Waals surface area contributed by atoms with Crippen molar-refractivity contribution in [2.75, 3.05) is 18.9 Å². The number of rotatable bonds is 8. The maximum absolute atomic E-state index is 13.0. The molecule has 9 N–H and O–H groups in total. The van der Waals surface area contributed by atoms with Crippen LogP contribution in [0.15, 0.2) is 23.8 Å². The molecule has 0 spiro atoms. The van der Waals surface area contributed by atoms with Crippen LogP contribution in [0.4, 0.5) is 5.82 Å². The summed E-state index contributed by atoms with van der Waals surface area (Å²) in [5, 5.41) is 47.8. The molecule has 4 aromatic heterocycles. The van der Waals surface area contributed by atoms with E-state index >= 15 is 0 Å². The van der Waals surface area contributed by atoms with E-state index in [-0.39, 0.29) is 33.7 Å². The highest BCUT2D eigenvalue weighted by Crippen LogP contribution is 2.51. The van der Waals surface area contributed by atoms with E-state index in [4.69, 9.17) is 24.3 Å². The number of nitrogen functional groups attached to an aromatic ring is 1. The predicted molar refractivity (Wildman–Crippen MR) is 132 cm³/mol. The molecule has 6 rings (SSSR count). The van der Waals surface area contributed by atoms with Gasteiger partial charge >= 0.3 is 7.82 Å². The largest absolute Gasteiger partial charge is 0.472 e. The fourth-order valence-electron chi connectivity index (χ4n) is 4.80. The minimum atomic E-state index is -5.02. The van der Waals surface area contributed by atoms with Crippen LogP contribution in [0.25, 0.3) is 22.2 Å². The monoisotopic (exact) mass is 597 g/mol. The molecule has 0 bridgehead atoms. The average molecular weight is 597 g/mol. The molecular weight excluding hydrogens is 573 g/mol. The van der Waals surface area contributed by atoms with Gasteiger partial charge in [0.15, 0.2) is 23.2 Å². The summed E-state index contributed by atoms with van der Waals surface area (Å²) in [5.41, 5.74) is 5.68. The Morgan fingerprint density at radius 1 is 1.05 bits per heavy atom. The number of anilines is 1. The number of ether oxygens (including phenoxy) is 2. The van der Waals surface area contributed by atoms with Crippen molar-refractivity contribution in [3.05, 3.63) is 35.0 Å². The number of H-pyrrole nitrogens is 2. The Morgan fingerprint density at radius 3 is 2.63 bits per heavy atom. The summed E-state index contributed by atoms with van der Waals surface area (Å²) >= 11 is 0. The van der Waals surface area contributed by atoms with Gasteiger partial charge in [0, 0.05) is 0 Å². The smallest absolute Gasteiger partial charge is 0.394 e. The Morgan fingerprint density at radius 2 is 1.85 bits per heavy atom. The van der Waals surface area contributed by atoms with Gasteiger partial charge in [-0.2, -0.15) is 5.10 Å². The van der Waals surface area contributed by atoms with Gasteiger partial charge in [-0.1, -0.05) is 0 Å². The van der Waals surface area contributed by atoms with E-state index in [1.54, 1.807) is 0 Å². The quantitative estimate of drug-likeness (QED) is 0.0937. The van der Waals surface area contributed by atoms with E-state index in [2.05, 4.69) is 35.1 Å². The number of nitrogens with one attached hydrogen (secondary N) is 2. The summed E-state index contributed by atoms with van der Waals surface area (Å²) < 4.78 is 35.9. The highest BCUT2D eigenvalue weighted by molar-refractivity contribution is 7.47. The van der Waals surface area contributed by atoms with Crippen LogP contribution in [-0.2, 0) is 23.1 Å². The Bertz CT molecular complexity index is 1680.